The first kappa shape index (κ1) is 9.38. The third-order valence-corrected chi connectivity index (χ3v) is 1.67. The van der Waals surface area contributed by atoms with Gasteiger partial charge in [0.2, 0.25) is 0 Å². The number of phenolic OH excluding ortho intramolecular Hbond substituents is 2. The van der Waals surface area contributed by atoms with Crippen molar-refractivity contribution in [1.29, 1.82) is 0 Å². The van der Waals surface area contributed by atoms with Gasteiger partial charge in [0.25, 0.3) is 0 Å². The molecule has 0 aliphatic heterocycles. The normalized spacial score (nSPS) is 11.6. The molecule has 1 rings (SSSR count). The highest BCUT2D eigenvalue weighted by atomic mass is 16.4. The van der Waals surface area contributed by atoms with Crippen molar-refractivity contribution >= 4 is 5.71 Å². The van der Waals surface area contributed by atoms with Gasteiger partial charge in [-0.15, -0.1) is 0 Å². The van der Waals surface area contributed by atoms with Gasteiger partial charge in [-0.25, -0.2) is 0 Å². The number of hydrogen-bond donors (Lipinski definition) is 3. The average molecular weight is 181 g/mol. The Morgan fingerprint density at radius 1 is 1.31 bits per heavy atom. The lowest BCUT2D eigenvalue weighted by Gasteiger charge is -2.01. The maximum absolute atomic E-state index is 9.13. The van der Waals surface area contributed by atoms with Gasteiger partial charge in [-0.2, -0.15) is 0 Å². The molecule has 0 heterocycles. The van der Waals surface area contributed by atoms with Gasteiger partial charge in [-0.05, 0) is 24.6 Å². The van der Waals surface area contributed by atoms with Gasteiger partial charge in [0.1, 0.15) is 0 Å². The Hall–Kier alpha value is -1.71. The predicted octanol–water partition coefficient (Wildman–Crippen LogP) is 1.49. The molecule has 70 valence electrons. The molecule has 0 bridgehead atoms. The van der Waals surface area contributed by atoms with E-state index in [-0.39, 0.29) is 11.5 Å². The summed E-state index contributed by atoms with van der Waals surface area (Å²) in [5, 5.41) is 29.5. The second-order valence-electron chi connectivity index (χ2n) is 2.84. The van der Waals surface area contributed by atoms with E-state index in [9.17, 15) is 0 Å². The van der Waals surface area contributed by atoms with Crippen molar-refractivity contribution < 1.29 is 15.4 Å². The lowest BCUT2D eigenvalue weighted by molar-refractivity contribution is 0.317. The van der Waals surface area contributed by atoms with E-state index in [4.69, 9.17) is 15.4 Å². The summed E-state index contributed by atoms with van der Waals surface area (Å²) in [5.41, 5.74) is 1.33. The lowest BCUT2D eigenvalue weighted by atomic mass is 10.1. The molecule has 3 N–H and O–H groups in total. The SMILES string of the molecule is C/C(Cc1ccc(O)c(O)c1)=N\O. The van der Waals surface area contributed by atoms with Crippen LogP contribution in [0.2, 0.25) is 0 Å². The molecule has 0 amide bonds. The van der Waals surface area contributed by atoms with Gasteiger partial charge >= 0.3 is 0 Å². The third-order valence-electron chi connectivity index (χ3n) is 1.67. The number of oxime groups is 1. The fraction of sp³-hybridized carbons (Fsp3) is 0.222. The molecule has 0 atom stereocenters. The van der Waals surface area contributed by atoms with Crippen LogP contribution < -0.4 is 0 Å². The first-order valence-corrected chi connectivity index (χ1v) is 3.82. The lowest BCUT2D eigenvalue weighted by Crippen LogP contribution is -1.96. The summed E-state index contributed by atoms with van der Waals surface area (Å²) in [4.78, 5) is 0. The van der Waals surface area contributed by atoms with Gasteiger partial charge in [-0.1, -0.05) is 11.2 Å². The minimum Gasteiger partial charge on any atom is -0.504 e. The van der Waals surface area contributed by atoms with Crippen LogP contribution in [-0.4, -0.2) is 21.1 Å². The van der Waals surface area contributed by atoms with Crippen molar-refractivity contribution in [1.82, 2.24) is 0 Å². The van der Waals surface area contributed by atoms with E-state index in [0.717, 1.165) is 5.56 Å². The quantitative estimate of drug-likeness (QED) is 0.280. The van der Waals surface area contributed by atoms with Gasteiger partial charge < -0.3 is 15.4 Å². The molecule has 0 spiro atoms. The Labute approximate surface area is 75.8 Å². The number of phenols is 2. The largest absolute Gasteiger partial charge is 0.504 e. The molecule has 0 saturated heterocycles. The number of benzene rings is 1. The van der Waals surface area contributed by atoms with Crippen LogP contribution in [0.1, 0.15) is 12.5 Å². The molecular weight excluding hydrogens is 170 g/mol. The van der Waals surface area contributed by atoms with Crippen LogP contribution in [0.5, 0.6) is 11.5 Å². The summed E-state index contributed by atoms with van der Waals surface area (Å²) in [7, 11) is 0. The summed E-state index contributed by atoms with van der Waals surface area (Å²) in [6.07, 6.45) is 0.449. The molecule has 0 aliphatic carbocycles. The molecule has 0 aromatic heterocycles. The Morgan fingerprint density at radius 3 is 2.54 bits per heavy atom. The van der Waals surface area contributed by atoms with Crippen LogP contribution in [0.15, 0.2) is 23.4 Å². The van der Waals surface area contributed by atoms with E-state index in [1.807, 2.05) is 0 Å². The van der Waals surface area contributed by atoms with Crippen LogP contribution in [0.3, 0.4) is 0 Å². The summed E-state index contributed by atoms with van der Waals surface area (Å²) < 4.78 is 0. The second kappa shape index (κ2) is 3.80. The fourth-order valence-corrected chi connectivity index (χ4v) is 1.01. The Morgan fingerprint density at radius 2 is 2.00 bits per heavy atom. The van der Waals surface area contributed by atoms with Crippen LogP contribution in [0, 0.1) is 0 Å². The number of nitrogens with zero attached hydrogens (tertiary/aromatic N) is 1. The smallest absolute Gasteiger partial charge is 0.157 e. The number of rotatable bonds is 2. The molecule has 1 aromatic rings. The first-order valence-electron chi connectivity index (χ1n) is 3.82. The van der Waals surface area contributed by atoms with Gasteiger partial charge in [-0.3, -0.25) is 0 Å². The highest BCUT2D eigenvalue weighted by Crippen LogP contribution is 2.24. The van der Waals surface area contributed by atoms with Crippen molar-refractivity contribution in [2.24, 2.45) is 5.16 Å². The molecule has 4 heteroatoms. The zero-order valence-corrected chi connectivity index (χ0v) is 7.23. The number of hydrogen-bond acceptors (Lipinski definition) is 4. The number of aromatic hydroxyl groups is 2. The summed E-state index contributed by atoms with van der Waals surface area (Å²) in [6, 6.07) is 4.49. The van der Waals surface area contributed by atoms with Gasteiger partial charge in [0.15, 0.2) is 11.5 Å². The standard InChI is InChI=1S/C9H11NO3/c1-6(10-13)4-7-2-3-8(11)9(12)5-7/h2-3,5,11-13H,4H2,1H3/b10-6+. The van der Waals surface area contributed by atoms with Crippen molar-refractivity contribution in [3.63, 3.8) is 0 Å². The van der Waals surface area contributed by atoms with E-state index in [1.54, 1.807) is 13.0 Å². The maximum atomic E-state index is 9.13. The van der Waals surface area contributed by atoms with E-state index in [2.05, 4.69) is 5.16 Å². The zero-order valence-electron chi connectivity index (χ0n) is 7.23. The van der Waals surface area contributed by atoms with E-state index >= 15 is 0 Å². The van der Waals surface area contributed by atoms with Crippen molar-refractivity contribution in [2.75, 3.05) is 0 Å². The summed E-state index contributed by atoms with van der Waals surface area (Å²) in [6.45, 7) is 1.67. The molecule has 0 saturated carbocycles. The maximum Gasteiger partial charge on any atom is 0.157 e. The minimum atomic E-state index is -0.164. The molecule has 0 radical (unpaired) electrons. The Balaban J connectivity index is 2.86. The Kier molecular flexibility index (Phi) is 2.74. The molecule has 13 heavy (non-hydrogen) atoms. The zero-order chi connectivity index (χ0) is 9.84. The van der Waals surface area contributed by atoms with Gasteiger partial charge in [0, 0.05) is 6.42 Å². The van der Waals surface area contributed by atoms with E-state index in [1.165, 1.54) is 12.1 Å². The molecular formula is C9H11NO3. The molecule has 0 unspecified atom stereocenters. The minimum absolute atomic E-state index is 0.151. The molecule has 1 aromatic carbocycles. The second-order valence-corrected chi connectivity index (χ2v) is 2.84. The Bertz CT molecular complexity index is 334. The van der Waals surface area contributed by atoms with Crippen molar-refractivity contribution in [3.05, 3.63) is 23.8 Å². The van der Waals surface area contributed by atoms with Crippen LogP contribution >= 0.6 is 0 Å². The molecule has 0 aliphatic rings. The predicted molar refractivity (Wildman–Crippen MR) is 48.4 cm³/mol. The highest BCUT2D eigenvalue weighted by molar-refractivity contribution is 5.83. The highest BCUT2D eigenvalue weighted by Gasteiger charge is 2.01. The fourth-order valence-electron chi connectivity index (χ4n) is 1.01. The summed E-state index contributed by atoms with van der Waals surface area (Å²) in [5.74, 6) is -0.314. The third kappa shape index (κ3) is 2.37. The molecule has 0 fully saturated rings. The summed E-state index contributed by atoms with van der Waals surface area (Å²) >= 11 is 0. The van der Waals surface area contributed by atoms with E-state index in [0.29, 0.717) is 12.1 Å². The first-order chi connectivity index (χ1) is 6.13. The topological polar surface area (TPSA) is 73.0 Å². The van der Waals surface area contributed by atoms with Crippen molar-refractivity contribution in [3.8, 4) is 11.5 Å². The van der Waals surface area contributed by atoms with Crippen LogP contribution in [0.4, 0.5) is 0 Å². The average Bonchev–Trinajstić information content (AvgIpc) is 2.11. The van der Waals surface area contributed by atoms with Crippen LogP contribution in [-0.2, 0) is 6.42 Å². The molecule has 4 nitrogen and oxygen atoms in total. The monoisotopic (exact) mass is 181 g/mol. The van der Waals surface area contributed by atoms with Gasteiger partial charge in [0.05, 0.1) is 5.71 Å². The van der Waals surface area contributed by atoms with Crippen LogP contribution in [0.25, 0.3) is 0 Å². The van der Waals surface area contributed by atoms with E-state index < -0.39 is 0 Å². The van der Waals surface area contributed by atoms with Crippen molar-refractivity contribution in [2.45, 2.75) is 13.3 Å².